The van der Waals surface area contributed by atoms with Gasteiger partial charge in [-0.25, -0.2) is 4.90 Å². The number of nitrogens with one attached hydrogen (secondary N) is 4. The highest BCUT2D eigenvalue weighted by atomic mass is 16.6. The fourth-order valence-electron chi connectivity index (χ4n) is 10.3. The molecule has 0 bridgehead atoms. The fourth-order valence-corrected chi connectivity index (χ4v) is 10.3. The molecule has 422 valence electrons. The Morgan fingerprint density at radius 3 is 1.41 bits per heavy atom. The summed E-state index contributed by atoms with van der Waals surface area (Å²) in [4.78, 5) is 79.3. The molecule has 4 fully saturated rings. The molecule has 29 heteroatoms. The smallest absolute Gasteiger partial charge is 0.306 e. The van der Waals surface area contributed by atoms with E-state index in [0.29, 0.717) is 39.5 Å². The average molecular weight is 1110 g/mol. The standard InChI is InChI=1S/C25H28N4O11.C25H28N4O10/c30-19-16-6-3-7-17(26-12-14-4-1-2-5-15(14)13-28-8-10-40-11-9-28)18(16)24(36,37)29(19)22(33)20(31)27-21(32)23(34,35)25(22,38)39;30-20-19(23(33,34)24(35,36)22(32)27-20)29-21(31)16-6-3-7-17(18(16)25(29,37)38)26-12-14-4-1-2-5-15(14)13-28-8-10-39-11-9-28/h1-7,26,33-39H,8-13H2,(H,27,31,32);1-7,19,26,33-38H,8-13H2,(H,27,30,32). The number of hydrogen-bond acceptors (Lipinski definition) is 25. The van der Waals surface area contributed by atoms with Gasteiger partial charge in [0.1, 0.15) is 0 Å². The minimum Gasteiger partial charge on any atom is -0.380 e. The molecule has 2 atom stereocenters. The molecule has 4 aromatic rings. The minimum atomic E-state index is -4.50. The molecule has 2 unspecified atom stereocenters. The molecule has 0 spiro atoms. The van der Waals surface area contributed by atoms with Gasteiger partial charge in [0.2, 0.25) is 0 Å². The van der Waals surface area contributed by atoms with Crippen molar-refractivity contribution in [2.45, 2.75) is 72.9 Å². The van der Waals surface area contributed by atoms with Gasteiger partial charge >= 0.3 is 11.6 Å². The second-order valence-corrected chi connectivity index (χ2v) is 19.5. The zero-order chi connectivity index (χ0) is 57.3. The predicted octanol–water partition coefficient (Wildman–Crippen LogP) is -6.54. The van der Waals surface area contributed by atoms with Gasteiger partial charge in [0, 0.05) is 63.7 Å². The number of carbonyl (C=O) groups is 6. The number of imide groups is 2. The van der Waals surface area contributed by atoms with Crippen LogP contribution < -0.4 is 21.3 Å². The summed E-state index contributed by atoms with van der Waals surface area (Å²) in [6, 6.07) is 20.4. The van der Waals surface area contributed by atoms with E-state index < -0.39 is 104 Å². The SMILES string of the molecule is O=C1NC(=O)C(O)(O)C(O)(O)C1N1C(=O)c2cccc(NCc3ccccc3CN3CCOCC3)c2C1(O)O.O=C1c2cccc(NCc3ccccc3CN3CCOCC3)c2C(O)(O)N1C1(O)C(=O)NC(=O)C(O)(O)C1(O)O. The Labute approximate surface area is 446 Å². The molecular formula is C50H56N8O21. The predicted molar refractivity (Wildman–Crippen MR) is 261 cm³/mol. The van der Waals surface area contributed by atoms with Gasteiger partial charge < -0.3 is 86.5 Å². The van der Waals surface area contributed by atoms with Gasteiger partial charge in [0.05, 0.1) is 48.7 Å². The van der Waals surface area contributed by atoms with Crippen molar-refractivity contribution < 1.29 is 105 Å². The van der Waals surface area contributed by atoms with Crippen molar-refractivity contribution in [3.8, 4) is 0 Å². The third kappa shape index (κ3) is 9.37. The van der Waals surface area contributed by atoms with Gasteiger partial charge in [0.25, 0.3) is 64.6 Å². The van der Waals surface area contributed by atoms with Crippen LogP contribution in [0.2, 0.25) is 0 Å². The lowest BCUT2D eigenvalue weighted by atomic mass is 9.86. The highest BCUT2D eigenvalue weighted by Gasteiger charge is 2.79. The van der Waals surface area contributed by atoms with Crippen LogP contribution in [0, 0.1) is 0 Å². The first-order chi connectivity index (χ1) is 37.1. The van der Waals surface area contributed by atoms with Crippen LogP contribution in [0.25, 0.3) is 0 Å². The summed E-state index contributed by atoms with van der Waals surface area (Å²) in [5.41, 5.74) is -2.11. The molecule has 0 radical (unpaired) electrons. The number of ether oxygens (including phenoxy) is 2. The molecule has 29 nitrogen and oxygen atoms in total. The summed E-state index contributed by atoms with van der Waals surface area (Å²) in [5, 5.41) is 146. The van der Waals surface area contributed by atoms with E-state index in [4.69, 9.17) is 9.47 Å². The Hall–Kier alpha value is -6.98. The lowest BCUT2D eigenvalue weighted by Gasteiger charge is -2.51. The Balaban J connectivity index is 0.000000192. The van der Waals surface area contributed by atoms with E-state index in [1.807, 2.05) is 48.5 Å². The monoisotopic (exact) mass is 1100 g/mol. The second-order valence-electron chi connectivity index (χ2n) is 19.5. The number of anilines is 2. The van der Waals surface area contributed by atoms with Gasteiger partial charge in [-0.1, -0.05) is 60.7 Å². The average Bonchev–Trinajstić information content (AvgIpc) is 3.16. The highest BCUT2D eigenvalue weighted by molar-refractivity contribution is 6.11. The van der Waals surface area contributed by atoms with Crippen LogP contribution in [0.15, 0.2) is 84.9 Å². The first-order valence-corrected chi connectivity index (χ1v) is 24.4. The zero-order valence-corrected chi connectivity index (χ0v) is 41.5. The summed E-state index contributed by atoms with van der Waals surface area (Å²) in [6.45, 7) is 7.23. The summed E-state index contributed by atoms with van der Waals surface area (Å²) < 4.78 is 10.8. The van der Waals surface area contributed by atoms with Crippen LogP contribution in [0.5, 0.6) is 0 Å². The highest BCUT2D eigenvalue weighted by Crippen LogP contribution is 2.49. The van der Waals surface area contributed by atoms with Crippen molar-refractivity contribution in [3.63, 3.8) is 0 Å². The maximum Gasteiger partial charge on any atom is 0.306 e. The number of aliphatic hydroxyl groups is 13. The topological polar surface area (TPSA) is 445 Å². The van der Waals surface area contributed by atoms with Crippen LogP contribution in [-0.2, 0) is 66.7 Å². The molecule has 4 saturated heterocycles. The molecule has 6 aliphatic heterocycles. The number of rotatable bonds is 12. The van der Waals surface area contributed by atoms with E-state index in [9.17, 15) is 95.2 Å². The van der Waals surface area contributed by atoms with E-state index in [0.717, 1.165) is 54.5 Å². The zero-order valence-electron chi connectivity index (χ0n) is 41.5. The number of amides is 6. The van der Waals surface area contributed by atoms with Crippen molar-refractivity contribution >= 4 is 46.8 Å². The van der Waals surface area contributed by atoms with Crippen LogP contribution >= 0.6 is 0 Å². The lowest BCUT2D eigenvalue weighted by molar-refractivity contribution is -0.433. The van der Waals surface area contributed by atoms with Gasteiger partial charge in [-0.3, -0.25) is 54.1 Å². The van der Waals surface area contributed by atoms with Gasteiger partial charge in [0.15, 0.2) is 6.04 Å². The van der Waals surface area contributed by atoms with Crippen LogP contribution in [-0.4, -0.2) is 209 Å². The molecule has 4 aromatic carbocycles. The molecule has 0 aromatic heterocycles. The summed E-state index contributed by atoms with van der Waals surface area (Å²) in [7, 11) is 0. The van der Waals surface area contributed by atoms with Gasteiger partial charge in [-0.15, -0.1) is 0 Å². The maximum absolute atomic E-state index is 13.3. The van der Waals surface area contributed by atoms with Crippen molar-refractivity contribution in [1.82, 2.24) is 30.2 Å². The Morgan fingerprint density at radius 1 is 0.494 bits per heavy atom. The quantitative estimate of drug-likeness (QED) is 0.0463. The molecule has 6 heterocycles. The number of fused-ring (bicyclic) bond motifs is 2. The first-order valence-electron chi connectivity index (χ1n) is 24.4. The van der Waals surface area contributed by atoms with Crippen molar-refractivity contribution in [2.75, 3.05) is 63.2 Å². The van der Waals surface area contributed by atoms with Crippen molar-refractivity contribution in [3.05, 3.63) is 129 Å². The van der Waals surface area contributed by atoms with Crippen molar-refractivity contribution in [1.29, 1.82) is 0 Å². The largest absolute Gasteiger partial charge is 0.380 e. The lowest BCUT2D eigenvalue weighted by Crippen LogP contribution is -2.87. The Morgan fingerprint density at radius 2 is 0.924 bits per heavy atom. The number of piperidine rings is 2. The van der Waals surface area contributed by atoms with Crippen LogP contribution in [0.3, 0.4) is 0 Å². The fraction of sp³-hybridized carbons (Fsp3) is 0.400. The van der Waals surface area contributed by atoms with E-state index in [-0.39, 0.29) is 34.9 Å². The molecule has 17 N–H and O–H groups in total. The Kier molecular flexibility index (Phi) is 14.8. The van der Waals surface area contributed by atoms with Crippen molar-refractivity contribution in [2.24, 2.45) is 0 Å². The third-order valence-electron chi connectivity index (χ3n) is 14.6. The van der Waals surface area contributed by atoms with Crippen LogP contribution in [0.1, 0.15) is 54.1 Å². The van der Waals surface area contributed by atoms with Crippen LogP contribution in [0.4, 0.5) is 11.4 Å². The third-order valence-corrected chi connectivity index (χ3v) is 14.6. The number of morpholine rings is 2. The van der Waals surface area contributed by atoms with Gasteiger partial charge in [-0.05, 0) is 46.5 Å². The first kappa shape index (κ1) is 56.7. The van der Waals surface area contributed by atoms with E-state index >= 15 is 0 Å². The second kappa shape index (κ2) is 20.6. The molecule has 0 aliphatic carbocycles. The molecule has 0 saturated carbocycles. The van der Waals surface area contributed by atoms with Gasteiger partial charge in [-0.2, -0.15) is 0 Å². The number of benzene rings is 4. The summed E-state index contributed by atoms with van der Waals surface area (Å²) in [5.74, 6) is -33.8. The molecule has 6 amide bonds. The maximum atomic E-state index is 13.3. The molecule has 6 aliphatic rings. The summed E-state index contributed by atoms with van der Waals surface area (Å²) >= 11 is 0. The summed E-state index contributed by atoms with van der Waals surface area (Å²) in [6.07, 6.45) is 0. The van der Waals surface area contributed by atoms with E-state index in [1.54, 1.807) is 0 Å². The number of hydrogen-bond donors (Lipinski definition) is 17. The minimum absolute atomic E-state index is 0.0157. The number of carbonyl (C=O) groups excluding carboxylic acids is 6. The number of nitrogens with zero attached hydrogens (tertiary/aromatic N) is 4. The van der Waals surface area contributed by atoms with E-state index in [2.05, 4.69) is 20.4 Å². The molecular weight excluding hydrogens is 1050 g/mol. The Bertz CT molecular complexity index is 3100. The van der Waals surface area contributed by atoms with E-state index in [1.165, 1.54) is 41.0 Å². The molecule has 10 rings (SSSR count). The normalized spacial score (nSPS) is 24.7. The molecule has 79 heavy (non-hydrogen) atoms.